The van der Waals surface area contributed by atoms with E-state index in [0.29, 0.717) is 19.5 Å². The maximum absolute atomic E-state index is 12.6. The van der Waals surface area contributed by atoms with Gasteiger partial charge >= 0.3 is 0 Å². The molecule has 0 amide bonds. The van der Waals surface area contributed by atoms with E-state index in [1.807, 2.05) is 0 Å². The average Bonchev–Trinajstić information content (AvgIpc) is 2.79. The molecule has 3 N–H and O–H groups in total. The highest BCUT2D eigenvalue weighted by atomic mass is 35.5. The lowest BCUT2D eigenvalue weighted by Crippen LogP contribution is -2.16. The van der Waals surface area contributed by atoms with Crippen molar-refractivity contribution in [2.45, 2.75) is 77.1 Å². The molecule has 0 heterocycles. The van der Waals surface area contributed by atoms with Gasteiger partial charge in [0.25, 0.3) is 0 Å². The predicted molar refractivity (Wildman–Crippen MR) is 141 cm³/mol. The Hall–Kier alpha value is -0.870. The monoisotopic (exact) mass is 513 g/mol. The molecule has 2 atom stereocenters. The van der Waals surface area contributed by atoms with Crippen molar-refractivity contribution < 1.29 is 14.6 Å². The molecule has 184 valence electrons. The van der Waals surface area contributed by atoms with Crippen LogP contribution >= 0.6 is 30.6 Å². The molecule has 2 aromatic rings. The first-order valence-electron chi connectivity index (χ1n) is 12.1. The van der Waals surface area contributed by atoms with Crippen molar-refractivity contribution in [1.29, 1.82) is 0 Å². The minimum Gasteiger partial charge on any atom is -0.378 e. The van der Waals surface area contributed by atoms with Crippen LogP contribution < -0.4 is 5.32 Å². The van der Waals surface area contributed by atoms with E-state index in [4.69, 9.17) is 23.2 Å². The molecule has 0 aliphatic rings. The Balaban J connectivity index is 1.65. The Morgan fingerprint density at radius 3 is 2.09 bits per heavy atom. The topological polar surface area (TPSA) is 69.6 Å². The van der Waals surface area contributed by atoms with Crippen LogP contribution in [0.3, 0.4) is 0 Å². The van der Waals surface area contributed by atoms with E-state index in [9.17, 15) is 14.6 Å². The van der Waals surface area contributed by atoms with E-state index in [0.717, 1.165) is 6.42 Å². The van der Waals surface area contributed by atoms with Crippen LogP contribution in [-0.4, -0.2) is 22.7 Å². The molecule has 33 heavy (non-hydrogen) atoms. The summed E-state index contributed by atoms with van der Waals surface area (Å²) in [5, 5.41) is 14.1. The van der Waals surface area contributed by atoms with Crippen molar-refractivity contribution in [2.75, 3.05) is 12.7 Å². The molecule has 0 fully saturated rings. The van der Waals surface area contributed by atoms with Crippen LogP contribution in [0.15, 0.2) is 42.5 Å². The SMILES string of the molecule is CCCCCCCCCc1ccc(CNCCCP(=O)(O)C(O)c2c(Cl)cccc2Cl)cc1. The molecule has 0 saturated carbocycles. The molecule has 0 aliphatic heterocycles. The maximum atomic E-state index is 12.6. The summed E-state index contributed by atoms with van der Waals surface area (Å²) in [6.45, 7) is 3.53. The molecule has 7 heteroatoms. The van der Waals surface area contributed by atoms with Crippen molar-refractivity contribution in [3.05, 3.63) is 69.2 Å². The number of hydrogen-bond acceptors (Lipinski definition) is 3. The van der Waals surface area contributed by atoms with Gasteiger partial charge < -0.3 is 15.3 Å². The number of benzene rings is 2. The lowest BCUT2D eigenvalue weighted by Gasteiger charge is -2.20. The normalized spacial score (nSPS) is 14.2. The number of unbranched alkanes of at least 4 members (excludes halogenated alkanes) is 6. The molecule has 0 aromatic heterocycles. The molecule has 0 bridgehead atoms. The zero-order valence-corrected chi connectivity index (χ0v) is 22.0. The molecule has 0 aliphatic carbocycles. The molecule has 2 rings (SSSR count). The summed E-state index contributed by atoms with van der Waals surface area (Å²) in [6.07, 6.45) is 10.8. The number of halogens is 2. The van der Waals surface area contributed by atoms with Gasteiger partial charge in [0.2, 0.25) is 7.37 Å². The van der Waals surface area contributed by atoms with E-state index in [-0.39, 0.29) is 21.8 Å². The lowest BCUT2D eigenvalue weighted by molar-refractivity contribution is 0.234. The Bertz CT molecular complexity index is 856. The molecule has 0 spiro atoms. The fourth-order valence-electron chi connectivity index (χ4n) is 3.85. The van der Waals surface area contributed by atoms with Crippen LogP contribution in [0, 0.1) is 0 Å². The summed E-state index contributed by atoms with van der Waals surface area (Å²) >= 11 is 12.1. The second kappa shape index (κ2) is 15.2. The van der Waals surface area contributed by atoms with E-state index in [2.05, 4.69) is 36.5 Å². The molecule has 2 aromatic carbocycles. The zero-order valence-electron chi connectivity index (χ0n) is 19.6. The van der Waals surface area contributed by atoms with Crippen LogP contribution in [0.5, 0.6) is 0 Å². The van der Waals surface area contributed by atoms with Crippen molar-refractivity contribution in [3.63, 3.8) is 0 Å². The number of aryl methyl sites for hydroxylation is 1. The molecule has 0 radical (unpaired) electrons. The molecular formula is C26H38Cl2NO3P. The fraction of sp³-hybridized carbons (Fsp3) is 0.538. The van der Waals surface area contributed by atoms with Crippen LogP contribution in [0.2, 0.25) is 10.0 Å². The lowest BCUT2D eigenvalue weighted by atomic mass is 10.0. The molecule has 2 unspecified atom stereocenters. The Kier molecular flexibility index (Phi) is 13.1. The minimum atomic E-state index is -3.85. The third kappa shape index (κ3) is 10.1. The Morgan fingerprint density at radius 1 is 0.879 bits per heavy atom. The van der Waals surface area contributed by atoms with Gasteiger partial charge in [-0.25, -0.2) is 0 Å². The molecule has 0 saturated heterocycles. The molecular weight excluding hydrogens is 476 g/mol. The zero-order chi connectivity index (χ0) is 24.1. The van der Waals surface area contributed by atoms with E-state index >= 15 is 0 Å². The van der Waals surface area contributed by atoms with Gasteiger partial charge in [0.1, 0.15) is 0 Å². The first-order chi connectivity index (χ1) is 15.8. The number of nitrogens with one attached hydrogen (secondary N) is 1. The highest BCUT2D eigenvalue weighted by molar-refractivity contribution is 7.58. The van der Waals surface area contributed by atoms with Crippen molar-refractivity contribution >= 4 is 30.6 Å². The van der Waals surface area contributed by atoms with Crippen LogP contribution in [0.4, 0.5) is 0 Å². The van der Waals surface area contributed by atoms with Crippen LogP contribution in [-0.2, 0) is 17.5 Å². The number of aliphatic hydroxyl groups excluding tert-OH is 1. The summed E-state index contributed by atoms with van der Waals surface area (Å²) in [5.74, 6) is -1.58. The van der Waals surface area contributed by atoms with Crippen molar-refractivity contribution in [3.8, 4) is 0 Å². The third-order valence-electron chi connectivity index (χ3n) is 5.89. The smallest absolute Gasteiger partial charge is 0.232 e. The summed E-state index contributed by atoms with van der Waals surface area (Å²) in [6, 6.07) is 13.4. The Labute approximate surface area is 209 Å². The minimum absolute atomic E-state index is 0.0138. The molecule has 4 nitrogen and oxygen atoms in total. The highest BCUT2D eigenvalue weighted by Gasteiger charge is 2.32. The average molecular weight is 514 g/mol. The van der Waals surface area contributed by atoms with E-state index in [1.165, 1.54) is 56.1 Å². The number of rotatable bonds is 16. The third-order valence-corrected chi connectivity index (χ3v) is 8.53. The van der Waals surface area contributed by atoms with Crippen LogP contribution in [0.25, 0.3) is 0 Å². The van der Waals surface area contributed by atoms with Crippen LogP contribution in [0.1, 0.15) is 80.8 Å². The predicted octanol–water partition coefficient (Wildman–Crippen LogP) is 7.73. The van der Waals surface area contributed by atoms with Gasteiger partial charge in [0.05, 0.1) is 0 Å². The summed E-state index contributed by atoms with van der Waals surface area (Å²) in [4.78, 5) is 10.3. The first kappa shape index (κ1) is 28.4. The van der Waals surface area contributed by atoms with Gasteiger partial charge in [0.15, 0.2) is 5.85 Å². The highest BCUT2D eigenvalue weighted by Crippen LogP contribution is 2.56. The van der Waals surface area contributed by atoms with Crippen molar-refractivity contribution in [1.82, 2.24) is 5.32 Å². The number of hydrogen-bond donors (Lipinski definition) is 3. The largest absolute Gasteiger partial charge is 0.378 e. The van der Waals surface area contributed by atoms with Gasteiger partial charge in [-0.2, -0.15) is 0 Å². The van der Waals surface area contributed by atoms with E-state index in [1.54, 1.807) is 18.2 Å². The fourth-order valence-corrected chi connectivity index (χ4v) is 6.15. The van der Waals surface area contributed by atoms with Gasteiger partial charge in [-0.1, -0.05) is 99.0 Å². The second-order valence-corrected chi connectivity index (χ2v) is 12.0. The van der Waals surface area contributed by atoms with Gasteiger partial charge in [0, 0.05) is 28.3 Å². The van der Waals surface area contributed by atoms with Crippen molar-refractivity contribution in [2.24, 2.45) is 0 Å². The maximum Gasteiger partial charge on any atom is 0.232 e. The Morgan fingerprint density at radius 2 is 1.45 bits per heavy atom. The van der Waals surface area contributed by atoms with E-state index < -0.39 is 13.2 Å². The van der Waals surface area contributed by atoms with Gasteiger partial charge in [-0.15, -0.1) is 0 Å². The van der Waals surface area contributed by atoms with Gasteiger partial charge in [-0.3, -0.25) is 4.57 Å². The standard InChI is InChI=1S/C26H38Cl2NO3P/c1-2-3-4-5-6-7-8-11-21-14-16-22(17-15-21)20-29-18-10-19-33(31,32)26(30)25-23(27)12-9-13-24(25)28/h9,12-17,26,29-30H,2-8,10-11,18-20H2,1H3,(H,31,32). The van der Waals surface area contributed by atoms with Gasteiger partial charge in [-0.05, 0) is 49.1 Å². The summed E-state index contributed by atoms with van der Waals surface area (Å²) in [5.41, 5.74) is 2.69. The number of aliphatic hydroxyl groups is 1. The summed E-state index contributed by atoms with van der Waals surface area (Å²) in [7, 11) is -3.85. The summed E-state index contributed by atoms with van der Waals surface area (Å²) < 4.78 is 12.6. The first-order valence-corrected chi connectivity index (χ1v) is 14.7. The quantitative estimate of drug-likeness (QED) is 0.158. The second-order valence-electron chi connectivity index (χ2n) is 8.71.